The summed E-state index contributed by atoms with van der Waals surface area (Å²) in [6.45, 7) is 2.15. The normalized spacial score (nSPS) is 17.5. The lowest BCUT2D eigenvalue weighted by Gasteiger charge is -2.21. The molecule has 140 valence electrons. The van der Waals surface area contributed by atoms with Gasteiger partial charge in [0, 0.05) is 12.6 Å². The first-order valence-electron chi connectivity index (χ1n) is 8.91. The smallest absolute Gasteiger partial charge is 0.325 e. The van der Waals surface area contributed by atoms with Gasteiger partial charge in [-0.05, 0) is 31.0 Å². The largest absolute Gasteiger partial charge is 0.350 e. The van der Waals surface area contributed by atoms with Gasteiger partial charge in [0.15, 0.2) is 0 Å². The van der Waals surface area contributed by atoms with E-state index in [2.05, 4.69) is 15.6 Å². The molecular weight excluding hydrogens is 344 g/mol. The van der Waals surface area contributed by atoms with Crippen LogP contribution in [-0.2, 0) is 16.1 Å². The Kier molecular flexibility index (Phi) is 5.80. The van der Waals surface area contributed by atoms with Crippen LogP contribution in [-0.4, -0.2) is 33.8 Å². The summed E-state index contributed by atoms with van der Waals surface area (Å²) in [5.41, 5.74) is 1.65. The van der Waals surface area contributed by atoms with Crippen LogP contribution in [0.5, 0.6) is 0 Å². The van der Waals surface area contributed by atoms with Crippen molar-refractivity contribution in [1.82, 2.24) is 20.5 Å². The highest BCUT2D eigenvalue weighted by atomic mass is 16.2. The van der Waals surface area contributed by atoms with E-state index in [1.54, 1.807) is 6.20 Å². The maximum absolute atomic E-state index is 12.6. The number of amides is 4. The molecule has 2 aromatic rings. The van der Waals surface area contributed by atoms with E-state index in [1.807, 2.05) is 55.5 Å². The van der Waals surface area contributed by atoms with Crippen molar-refractivity contribution >= 4 is 17.8 Å². The number of nitrogens with zero attached hydrogens (tertiary/aromatic N) is 2. The fourth-order valence-electron chi connectivity index (χ4n) is 3.05. The molecule has 1 aliphatic rings. The van der Waals surface area contributed by atoms with Crippen molar-refractivity contribution in [2.45, 2.75) is 38.4 Å². The number of nitrogens with one attached hydrogen (secondary N) is 2. The lowest BCUT2D eigenvalue weighted by Crippen LogP contribution is -2.34. The third kappa shape index (κ3) is 4.49. The molecule has 0 radical (unpaired) electrons. The van der Waals surface area contributed by atoms with Crippen LogP contribution in [0.2, 0.25) is 0 Å². The maximum atomic E-state index is 12.6. The first-order chi connectivity index (χ1) is 13.1. The zero-order valence-corrected chi connectivity index (χ0v) is 15.1. The number of imide groups is 1. The van der Waals surface area contributed by atoms with Gasteiger partial charge in [0.05, 0.1) is 18.3 Å². The van der Waals surface area contributed by atoms with Crippen molar-refractivity contribution in [1.29, 1.82) is 0 Å². The molecule has 1 aromatic heterocycles. The van der Waals surface area contributed by atoms with Crippen LogP contribution in [0.1, 0.15) is 37.1 Å². The van der Waals surface area contributed by atoms with Crippen LogP contribution >= 0.6 is 0 Å². The summed E-state index contributed by atoms with van der Waals surface area (Å²) in [7, 11) is 0. The molecular formula is C20H22N4O3. The molecule has 0 aliphatic carbocycles. The number of aromatic nitrogens is 1. The standard InChI is InChI=1S/C20H22N4O3/c1-14(15-7-3-2-4-8-15)24-19(26)17(23-20(24)27)10-11-18(25)22-13-16-9-5-6-12-21-16/h2-9,12,14,17H,10-11,13H2,1H3,(H,22,25)(H,23,27)/t14-,17+/m0/s1. The maximum Gasteiger partial charge on any atom is 0.325 e. The van der Waals surface area contributed by atoms with Gasteiger partial charge >= 0.3 is 6.03 Å². The Bertz CT molecular complexity index is 810. The number of hydrogen-bond acceptors (Lipinski definition) is 4. The van der Waals surface area contributed by atoms with Crippen molar-refractivity contribution < 1.29 is 14.4 Å². The third-order valence-electron chi connectivity index (χ3n) is 4.57. The van der Waals surface area contributed by atoms with Crippen LogP contribution in [0.4, 0.5) is 4.79 Å². The van der Waals surface area contributed by atoms with Gasteiger partial charge in [-0.3, -0.25) is 19.5 Å². The molecule has 3 rings (SSSR count). The number of benzene rings is 1. The van der Waals surface area contributed by atoms with Gasteiger partial charge in [-0.1, -0.05) is 36.4 Å². The van der Waals surface area contributed by atoms with Crippen molar-refractivity contribution in [2.75, 3.05) is 0 Å². The quantitative estimate of drug-likeness (QED) is 0.735. The second-order valence-corrected chi connectivity index (χ2v) is 6.43. The average Bonchev–Trinajstić information content (AvgIpc) is 2.99. The molecule has 7 nitrogen and oxygen atoms in total. The number of pyridine rings is 1. The second kappa shape index (κ2) is 8.44. The Morgan fingerprint density at radius 2 is 1.93 bits per heavy atom. The van der Waals surface area contributed by atoms with Crippen molar-refractivity contribution in [2.24, 2.45) is 0 Å². The van der Waals surface area contributed by atoms with Crippen LogP contribution in [0.3, 0.4) is 0 Å². The Hall–Kier alpha value is -3.22. The van der Waals surface area contributed by atoms with Gasteiger partial charge in [0.1, 0.15) is 6.04 Å². The lowest BCUT2D eigenvalue weighted by atomic mass is 10.1. The minimum Gasteiger partial charge on any atom is -0.350 e. The minimum atomic E-state index is -0.677. The highest BCUT2D eigenvalue weighted by molar-refractivity contribution is 6.04. The molecule has 0 saturated carbocycles. The molecule has 1 fully saturated rings. The van der Waals surface area contributed by atoms with Crippen molar-refractivity contribution in [3.8, 4) is 0 Å². The van der Waals surface area contributed by atoms with Gasteiger partial charge in [-0.2, -0.15) is 0 Å². The number of carbonyl (C=O) groups excluding carboxylic acids is 3. The van der Waals surface area contributed by atoms with Gasteiger partial charge in [-0.25, -0.2) is 4.79 Å². The van der Waals surface area contributed by atoms with E-state index >= 15 is 0 Å². The monoisotopic (exact) mass is 366 g/mol. The zero-order chi connectivity index (χ0) is 19.2. The summed E-state index contributed by atoms with van der Waals surface area (Å²) >= 11 is 0. The van der Waals surface area contributed by atoms with E-state index in [-0.39, 0.29) is 30.7 Å². The van der Waals surface area contributed by atoms with E-state index in [1.165, 1.54) is 4.90 Å². The number of hydrogen-bond donors (Lipinski definition) is 2. The summed E-state index contributed by atoms with van der Waals surface area (Å²) in [5, 5.41) is 5.45. The van der Waals surface area contributed by atoms with E-state index in [0.717, 1.165) is 11.3 Å². The summed E-state index contributed by atoms with van der Waals surface area (Å²) in [4.78, 5) is 42.3. The fraction of sp³-hybridized carbons (Fsp3) is 0.300. The molecule has 1 aliphatic heterocycles. The summed E-state index contributed by atoms with van der Waals surface area (Å²) in [6, 6.07) is 13.4. The van der Waals surface area contributed by atoms with E-state index in [9.17, 15) is 14.4 Å². The molecule has 0 bridgehead atoms. The third-order valence-corrected chi connectivity index (χ3v) is 4.57. The number of urea groups is 1. The molecule has 4 amide bonds. The highest BCUT2D eigenvalue weighted by Gasteiger charge is 2.40. The van der Waals surface area contributed by atoms with Crippen LogP contribution < -0.4 is 10.6 Å². The first kappa shape index (κ1) is 18.6. The van der Waals surface area contributed by atoms with Gasteiger partial charge < -0.3 is 10.6 Å². The van der Waals surface area contributed by atoms with Gasteiger partial charge in [0.2, 0.25) is 5.91 Å². The van der Waals surface area contributed by atoms with Crippen molar-refractivity contribution in [3.63, 3.8) is 0 Å². The van der Waals surface area contributed by atoms with Crippen LogP contribution in [0, 0.1) is 0 Å². The summed E-state index contributed by atoms with van der Waals surface area (Å²) in [5.74, 6) is -0.480. The summed E-state index contributed by atoms with van der Waals surface area (Å²) < 4.78 is 0. The predicted octanol–water partition coefficient (Wildman–Crippen LogP) is 2.16. The molecule has 2 heterocycles. The Morgan fingerprint density at radius 3 is 2.63 bits per heavy atom. The topological polar surface area (TPSA) is 91.4 Å². The molecule has 1 aromatic carbocycles. The SMILES string of the molecule is C[C@@H](c1ccccc1)N1C(=O)N[C@H](CCC(=O)NCc2ccccn2)C1=O. The molecule has 2 atom stereocenters. The minimum absolute atomic E-state index is 0.150. The van der Waals surface area contributed by atoms with Crippen molar-refractivity contribution in [3.05, 3.63) is 66.0 Å². The first-order valence-corrected chi connectivity index (χ1v) is 8.91. The van der Waals surface area contributed by atoms with Crippen LogP contribution in [0.15, 0.2) is 54.7 Å². The predicted molar refractivity (Wildman–Crippen MR) is 99.3 cm³/mol. The van der Waals surface area contributed by atoms with E-state index in [4.69, 9.17) is 0 Å². The summed E-state index contributed by atoms with van der Waals surface area (Å²) in [6.07, 6.45) is 2.07. The lowest BCUT2D eigenvalue weighted by molar-refractivity contribution is -0.129. The Morgan fingerprint density at radius 1 is 1.19 bits per heavy atom. The van der Waals surface area contributed by atoms with Crippen LogP contribution in [0.25, 0.3) is 0 Å². The molecule has 2 N–H and O–H groups in total. The number of rotatable bonds is 7. The molecule has 1 saturated heterocycles. The van der Waals surface area contributed by atoms with Gasteiger partial charge in [-0.15, -0.1) is 0 Å². The van der Waals surface area contributed by atoms with E-state index in [0.29, 0.717) is 6.54 Å². The molecule has 0 spiro atoms. The molecule has 7 heteroatoms. The second-order valence-electron chi connectivity index (χ2n) is 6.43. The number of carbonyl (C=O) groups is 3. The van der Waals surface area contributed by atoms with E-state index < -0.39 is 12.1 Å². The van der Waals surface area contributed by atoms with Gasteiger partial charge in [0.25, 0.3) is 5.91 Å². The molecule has 27 heavy (non-hydrogen) atoms. The zero-order valence-electron chi connectivity index (χ0n) is 15.1. The Labute approximate surface area is 157 Å². The Balaban J connectivity index is 1.52. The highest BCUT2D eigenvalue weighted by Crippen LogP contribution is 2.25. The fourth-order valence-corrected chi connectivity index (χ4v) is 3.05. The molecule has 0 unspecified atom stereocenters. The average molecular weight is 366 g/mol.